The molecule has 1 heterocycles. The van der Waals surface area contributed by atoms with Gasteiger partial charge in [-0.1, -0.05) is 6.92 Å². The second-order valence-electron chi connectivity index (χ2n) is 4.63. The molecular weight excluding hydrogens is 282 g/mol. The lowest BCUT2D eigenvalue weighted by molar-refractivity contribution is 0.356. The first kappa shape index (κ1) is 16.6. The van der Waals surface area contributed by atoms with Crippen LogP contribution in [0.3, 0.4) is 0 Å². The van der Waals surface area contributed by atoms with E-state index in [4.69, 9.17) is 5.73 Å². The van der Waals surface area contributed by atoms with Crippen molar-refractivity contribution in [2.45, 2.75) is 24.1 Å². The smallest absolute Gasteiger partial charge is 0.252 e. The van der Waals surface area contributed by atoms with Gasteiger partial charge in [-0.25, -0.2) is 8.42 Å². The molecule has 0 aromatic carbocycles. The molecular formula is C12H23N3O2S2. The first-order chi connectivity index (χ1) is 8.91. The first-order valence-electron chi connectivity index (χ1n) is 6.34. The Labute approximate surface area is 120 Å². The normalized spacial score (nSPS) is 12.5. The number of thiophene rings is 1. The van der Waals surface area contributed by atoms with Gasteiger partial charge in [-0.15, -0.1) is 11.3 Å². The van der Waals surface area contributed by atoms with Crippen LogP contribution in [0.5, 0.6) is 0 Å². The van der Waals surface area contributed by atoms with E-state index in [1.165, 1.54) is 15.6 Å². The van der Waals surface area contributed by atoms with Crippen LogP contribution in [0.4, 0.5) is 0 Å². The summed E-state index contributed by atoms with van der Waals surface area (Å²) in [5, 5.41) is 1.81. The van der Waals surface area contributed by atoms with Crippen molar-refractivity contribution in [1.82, 2.24) is 9.21 Å². The van der Waals surface area contributed by atoms with Crippen molar-refractivity contribution in [2.24, 2.45) is 5.73 Å². The lowest BCUT2D eigenvalue weighted by Crippen LogP contribution is -2.32. The Morgan fingerprint density at radius 2 is 2.00 bits per heavy atom. The van der Waals surface area contributed by atoms with Crippen LogP contribution in [0.2, 0.25) is 0 Å². The quantitative estimate of drug-likeness (QED) is 0.783. The van der Waals surface area contributed by atoms with Gasteiger partial charge in [0.2, 0.25) is 0 Å². The predicted octanol–water partition coefficient (Wildman–Crippen LogP) is 1.17. The highest BCUT2D eigenvalue weighted by Crippen LogP contribution is 2.23. The van der Waals surface area contributed by atoms with Gasteiger partial charge < -0.3 is 10.6 Å². The van der Waals surface area contributed by atoms with Crippen molar-refractivity contribution in [3.8, 4) is 0 Å². The Morgan fingerprint density at radius 3 is 2.47 bits per heavy atom. The summed E-state index contributed by atoms with van der Waals surface area (Å²) in [5.74, 6) is 0. The number of hydrogen-bond donors (Lipinski definition) is 1. The topological polar surface area (TPSA) is 66.6 Å². The molecule has 19 heavy (non-hydrogen) atoms. The van der Waals surface area contributed by atoms with Crippen LogP contribution < -0.4 is 5.73 Å². The Morgan fingerprint density at radius 1 is 1.32 bits per heavy atom. The molecule has 0 aliphatic rings. The lowest BCUT2D eigenvalue weighted by atomic mass is 10.4. The van der Waals surface area contributed by atoms with Crippen LogP contribution in [-0.4, -0.2) is 51.4 Å². The molecule has 5 nitrogen and oxygen atoms in total. The average Bonchev–Trinajstić information content (AvgIpc) is 2.83. The zero-order valence-corrected chi connectivity index (χ0v) is 13.4. The third-order valence-electron chi connectivity index (χ3n) is 2.83. The van der Waals surface area contributed by atoms with Crippen molar-refractivity contribution in [3.63, 3.8) is 0 Å². The minimum absolute atomic E-state index is 0.374. The van der Waals surface area contributed by atoms with Gasteiger partial charge in [0, 0.05) is 19.6 Å². The van der Waals surface area contributed by atoms with Gasteiger partial charge in [0.1, 0.15) is 4.21 Å². The zero-order valence-electron chi connectivity index (χ0n) is 11.8. The van der Waals surface area contributed by atoms with E-state index in [9.17, 15) is 8.42 Å². The summed E-state index contributed by atoms with van der Waals surface area (Å²) in [6.07, 6.45) is 0.829. The second kappa shape index (κ2) is 7.35. The van der Waals surface area contributed by atoms with Gasteiger partial charge in [-0.05, 0) is 44.1 Å². The van der Waals surface area contributed by atoms with Gasteiger partial charge in [0.25, 0.3) is 10.0 Å². The van der Waals surface area contributed by atoms with Crippen molar-refractivity contribution in [1.29, 1.82) is 0 Å². The maximum Gasteiger partial charge on any atom is 0.252 e. The molecule has 1 aromatic rings. The van der Waals surface area contributed by atoms with E-state index in [1.807, 2.05) is 21.0 Å². The summed E-state index contributed by atoms with van der Waals surface area (Å²) in [7, 11) is 0.607. The van der Waals surface area contributed by atoms with E-state index in [0.29, 0.717) is 23.8 Å². The predicted molar refractivity (Wildman–Crippen MR) is 79.8 cm³/mol. The molecule has 0 atom stereocenters. The largest absolute Gasteiger partial charge is 0.326 e. The fourth-order valence-corrected chi connectivity index (χ4v) is 4.60. The molecule has 0 saturated carbocycles. The van der Waals surface area contributed by atoms with Crippen molar-refractivity contribution in [2.75, 3.05) is 33.7 Å². The maximum atomic E-state index is 12.5. The molecule has 0 aliphatic carbocycles. The molecule has 110 valence electrons. The fourth-order valence-electron chi connectivity index (χ4n) is 1.73. The molecule has 0 radical (unpaired) electrons. The van der Waals surface area contributed by atoms with E-state index in [2.05, 4.69) is 4.90 Å². The molecule has 1 rings (SSSR count). The summed E-state index contributed by atoms with van der Waals surface area (Å²) in [4.78, 5) is 2.05. The molecule has 0 bridgehead atoms. The van der Waals surface area contributed by atoms with Gasteiger partial charge in [0.15, 0.2) is 0 Å². The Balaban J connectivity index is 2.77. The summed E-state index contributed by atoms with van der Waals surface area (Å²) in [6, 6.07) is 1.68. The van der Waals surface area contributed by atoms with Gasteiger partial charge in [0.05, 0.1) is 0 Å². The van der Waals surface area contributed by atoms with E-state index < -0.39 is 10.0 Å². The van der Waals surface area contributed by atoms with Gasteiger partial charge >= 0.3 is 0 Å². The van der Waals surface area contributed by atoms with E-state index in [1.54, 1.807) is 11.4 Å². The monoisotopic (exact) mass is 305 g/mol. The highest BCUT2D eigenvalue weighted by Gasteiger charge is 2.24. The van der Waals surface area contributed by atoms with Crippen molar-refractivity contribution < 1.29 is 8.42 Å². The molecule has 0 unspecified atom stereocenters. The summed E-state index contributed by atoms with van der Waals surface area (Å²) >= 11 is 1.24. The summed E-state index contributed by atoms with van der Waals surface area (Å²) in [5.41, 5.74) is 6.39. The lowest BCUT2D eigenvalue weighted by Gasteiger charge is -2.20. The minimum atomic E-state index is -3.36. The molecule has 0 saturated heterocycles. The summed E-state index contributed by atoms with van der Waals surface area (Å²) in [6.45, 7) is 4.16. The number of rotatable bonds is 8. The fraction of sp³-hybridized carbons (Fsp3) is 0.667. The van der Waals surface area contributed by atoms with Crippen molar-refractivity contribution >= 4 is 21.4 Å². The number of nitrogens with zero attached hydrogens (tertiary/aromatic N) is 2. The highest BCUT2D eigenvalue weighted by molar-refractivity contribution is 7.91. The Hall–Kier alpha value is -0.470. The van der Waals surface area contributed by atoms with Gasteiger partial charge in [-0.2, -0.15) is 4.31 Å². The summed E-state index contributed by atoms with van der Waals surface area (Å²) < 4.78 is 26.8. The highest BCUT2D eigenvalue weighted by atomic mass is 32.2. The van der Waals surface area contributed by atoms with E-state index in [0.717, 1.165) is 18.5 Å². The molecule has 1 aromatic heterocycles. The molecule has 0 amide bonds. The van der Waals surface area contributed by atoms with Crippen LogP contribution in [-0.2, 0) is 16.6 Å². The third-order valence-corrected chi connectivity index (χ3v) is 6.26. The molecule has 2 N–H and O–H groups in total. The van der Waals surface area contributed by atoms with E-state index in [-0.39, 0.29) is 0 Å². The Bertz CT molecular complexity index is 483. The van der Waals surface area contributed by atoms with Crippen LogP contribution in [0, 0.1) is 0 Å². The molecule has 0 spiro atoms. The van der Waals surface area contributed by atoms with Crippen LogP contribution in [0.1, 0.15) is 18.9 Å². The molecule has 0 aliphatic heterocycles. The second-order valence-corrected chi connectivity index (χ2v) is 7.71. The number of sulfonamides is 1. The van der Waals surface area contributed by atoms with Gasteiger partial charge in [-0.3, -0.25) is 0 Å². The SMILES string of the molecule is CCN(CCCN(C)C)S(=O)(=O)c1cc(CN)cs1. The molecule has 0 fully saturated rings. The minimum Gasteiger partial charge on any atom is -0.326 e. The maximum absolute atomic E-state index is 12.5. The van der Waals surface area contributed by atoms with Crippen LogP contribution >= 0.6 is 11.3 Å². The molecule has 7 heteroatoms. The number of nitrogens with two attached hydrogens (primary N) is 1. The first-order valence-corrected chi connectivity index (χ1v) is 8.66. The van der Waals surface area contributed by atoms with E-state index >= 15 is 0 Å². The van der Waals surface area contributed by atoms with Crippen LogP contribution in [0.15, 0.2) is 15.7 Å². The zero-order chi connectivity index (χ0) is 14.5. The third kappa shape index (κ3) is 4.54. The van der Waals surface area contributed by atoms with Crippen molar-refractivity contribution in [3.05, 3.63) is 17.0 Å². The number of hydrogen-bond acceptors (Lipinski definition) is 5. The standard InChI is InChI=1S/C12H23N3O2S2/c1-4-15(7-5-6-14(2)3)19(16,17)12-8-11(9-13)10-18-12/h8,10H,4-7,9,13H2,1-3H3. The average molecular weight is 305 g/mol. The van der Waals surface area contributed by atoms with Crippen LogP contribution in [0.25, 0.3) is 0 Å². The Kier molecular flexibility index (Phi) is 6.41.